The highest BCUT2D eigenvalue weighted by molar-refractivity contribution is 7.20. The molecule has 1 fully saturated rings. The van der Waals surface area contributed by atoms with Crippen LogP contribution in [0.5, 0.6) is 5.75 Å². The van der Waals surface area contributed by atoms with E-state index in [1.54, 1.807) is 14.0 Å². The van der Waals surface area contributed by atoms with Crippen LogP contribution in [0.3, 0.4) is 0 Å². The Morgan fingerprint density at radius 3 is 3.03 bits per heavy atom. The average molecular weight is 414 g/mol. The SMILES string of the molecule is COc1ccccc1CNC(=O)[C@@H]1CCCN(c2nn3c(=O)cc(C)nc3s2)C1. The summed E-state index contributed by atoms with van der Waals surface area (Å²) in [6.07, 6.45) is 1.72. The van der Waals surface area contributed by atoms with Crippen molar-refractivity contribution in [1.82, 2.24) is 19.9 Å². The number of nitrogens with zero attached hydrogens (tertiary/aromatic N) is 4. The van der Waals surface area contributed by atoms with E-state index in [0.717, 1.165) is 35.8 Å². The first-order chi connectivity index (χ1) is 14.0. The minimum Gasteiger partial charge on any atom is -0.496 e. The number of aryl methyl sites for hydroxylation is 1. The lowest BCUT2D eigenvalue weighted by atomic mass is 9.97. The molecule has 1 N–H and O–H groups in total. The molecule has 9 heteroatoms. The van der Waals surface area contributed by atoms with Gasteiger partial charge in [-0.3, -0.25) is 9.59 Å². The van der Waals surface area contributed by atoms with E-state index in [9.17, 15) is 9.59 Å². The number of para-hydroxylation sites is 1. The second kappa shape index (κ2) is 8.20. The fourth-order valence-corrected chi connectivity index (χ4v) is 4.57. The Bertz CT molecular complexity index is 1090. The number of fused-ring (bicyclic) bond motifs is 1. The maximum Gasteiger partial charge on any atom is 0.275 e. The Kier molecular flexibility index (Phi) is 5.48. The number of benzene rings is 1. The Hall–Kier alpha value is -2.94. The van der Waals surface area contributed by atoms with Crippen LogP contribution in [-0.2, 0) is 11.3 Å². The first-order valence-corrected chi connectivity index (χ1v) is 10.4. The number of hydrogen-bond acceptors (Lipinski definition) is 7. The number of aromatic nitrogens is 3. The summed E-state index contributed by atoms with van der Waals surface area (Å²) in [6, 6.07) is 9.13. The van der Waals surface area contributed by atoms with Gasteiger partial charge in [-0.25, -0.2) is 4.98 Å². The molecule has 1 atom stereocenters. The highest BCUT2D eigenvalue weighted by Gasteiger charge is 2.28. The zero-order valence-electron chi connectivity index (χ0n) is 16.4. The molecule has 8 nitrogen and oxygen atoms in total. The Labute approximate surface area is 172 Å². The monoisotopic (exact) mass is 413 g/mol. The van der Waals surface area contributed by atoms with Gasteiger partial charge in [0.2, 0.25) is 16.0 Å². The third-order valence-corrected chi connectivity index (χ3v) is 6.04. The summed E-state index contributed by atoms with van der Waals surface area (Å²) in [6.45, 7) is 3.61. The summed E-state index contributed by atoms with van der Waals surface area (Å²) >= 11 is 1.38. The molecule has 29 heavy (non-hydrogen) atoms. The molecule has 1 aliphatic rings. The van der Waals surface area contributed by atoms with Gasteiger partial charge in [0.05, 0.1) is 13.0 Å². The summed E-state index contributed by atoms with van der Waals surface area (Å²) in [5.74, 6) is 0.658. The van der Waals surface area contributed by atoms with E-state index in [1.807, 2.05) is 24.3 Å². The van der Waals surface area contributed by atoms with Gasteiger partial charge in [0.25, 0.3) is 5.56 Å². The lowest BCUT2D eigenvalue weighted by Gasteiger charge is -2.31. The molecule has 0 saturated carbocycles. The van der Waals surface area contributed by atoms with E-state index in [2.05, 4.69) is 20.3 Å². The highest BCUT2D eigenvalue weighted by Crippen LogP contribution is 2.27. The Balaban J connectivity index is 1.45. The molecule has 0 spiro atoms. The maximum atomic E-state index is 12.8. The van der Waals surface area contributed by atoms with Gasteiger partial charge in [-0.15, -0.1) is 5.10 Å². The Morgan fingerprint density at radius 1 is 1.38 bits per heavy atom. The normalized spacial score (nSPS) is 16.8. The predicted octanol–water partition coefficient (Wildman–Crippen LogP) is 2.00. The van der Waals surface area contributed by atoms with E-state index in [1.165, 1.54) is 21.9 Å². The first-order valence-electron chi connectivity index (χ1n) is 9.57. The van der Waals surface area contributed by atoms with Crippen LogP contribution >= 0.6 is 11.3 Å². The quantitative estimate of drug-likeness (QED) is 0.688. The van der Waals surface area contributed by atoms with Gasteiger partial charge < -0.3 is 15.0 Å². The highest BCUT2D eigenvalue weighted by atomic mass is 32.1. The summed E-state index contributed by atoms with van der Waals surface area (Å²) in [5.41, 5.74) is 1.44. The van der Waals surface area contributed by atoms with Gasteiger partial charge in [0.1, 0.15) is 5.75 Å². The van der Waals surface area contributed by atoms with Crippen LogP contribution in [0.25, 0.3) is 4.96 Å². The van der Waals surface area contributed by atoms with Crippen molar-refractivity contribution in [2.24, 2.45) is 5.92 Å². The average Bonchev–Trinajstić information content (AvgIpc) is 3.17. The fraction of sp³-hybridized carbons (Fsp3) is 0.400. The maximum absolute atomic E-state index is 12.8. The van der Waals surface area contributed by atoms with E-state index >= 15 is 0 Å². The van der Waals surface area contributed by atoms with Crippen LogP contribution < -0.4 is 20.5 Å². The van der Waals surface area contributed by atoms with Crippen molar-refractivity contribution in [3.05, 3.63) is 51.9 Å². The fourth-order valence-electron chi connectivity index (χ4n) is 3.58. The predicted molar refractivity (Wildman–Crippen MR) is 112 cm³/mol. The third-order valence-electron chi connectivity index (χ3n) is 5.07. The van der Waals surface area contributed by atoms with Crippen molar-refractivity contribution in [3.8, 4) is 5.75 Å². The molecule has 3 heterocycles. The number of ether oxygens (including phenoxy) is 1. The summed E-state index contributed by atoms with van der Waals surface area (Å²) in [4.78, 5) is 31.9. The molecule has 152 valence electrons. The summed E-state index contributed by atoms with van der Waals surface area (Å²) in [5, 5.41) is 8.18. The van der Waals surface area contributed by atoms with Gasteiger partial charge in [0.15, 0.2) is 0 Å². The number of carbonyl (C=O) groups is 1. The second-order valence-corrected chi connectivity index (χ2v) is 8.06. The number of nitrogens with one attached hydrogen (secondary N) is 1. The van der Waals surface area contributed by atoms with E-state index in [0.29, 0.717) is 23.7 Å². The van der Waals surface area contributed by atoms with Crippen LogP contribution in [0, 0.1) is 12.8 Å². The Morgan fingerprint density at radius 2 is 2.21 bits per heavy atom. The molecule has 0 bridgehead atoms. The lowest BCUT2D eigenvalue weighted by Crippen LogP contribution is -2.43. The van der Waals surface area contributed by atoms with E-state index in [-0.39, 0.29) is 17.4 Å². The van der Waals surface area contributed by atoms with E-state index < -0.39 is 0 Å². The van der Waals surface area contributed by atoms with Crippen molar-refractivity contribution >= 4 is 27.3 Å². The van der Waals surface area contributed by atoms with Gasteiger partial charge >= 0.3 is 0 Å². The van der Waals surface area contributed by atoms with Gasteiger partial charge in [-0.2, -0.15) is 4.52 Å². The number of hydrogen-bond donors (Lipinski definition) is 1. The topological polar surface area (TPSA) is 88.8 Å². The van der Waals surface area contributed by atoms with Gasteiger partial charge in [0, 0.05) is 37.0 Å². The van der Waals surface area contributed by atoms with Crippen molar-refractivity contribution in [2.75, 3.05) is 25.1 Å². The van der Waals surface area contributed by atoms with Gasteiger partial charge in [-0.1, -0.05) is 29.5 Å². The van der Waals surface area contributed by atoms with Crippen LogP contribution in [0.4, 0.5) is 5.13 Å². The first kappa shape index (κ1) is 19.4. The van der Waals surface area contributed by atoms with Crippen molar-refractivity contribution in [3.63, 3.8) is 0 Å². The molecule has 4 rings (SSSR count). The van der Waals surface area contributed by atoms with Crippen LogP contribution in [0.1, 0.15) is 24.1 Å². The molecule has 1 aromatic carbocycles. The van der Waals surface area contributed by atoms with Gasteiger partial charge in [-0.05, 0) is 25.8 Å². The minimum atomic E-state index is -0.182. The summed E-state index contributed by atoms with van der Waals surface area (Å²) < 4.78 is 6.68. The van der Waals surface area contributed by atoms with Crippen LogP contribution in [0.15, 0.2) is 35.1 Å². The van der Waals surface area contributed by atoms with Crippen molar-refractivity contribution < 1.29 is 9.53 Å². The molecule has 0 unspecified atom stereocenters. The molecule has 1 saturated heterocycles. The number of piperidine rings is 1. The molecule has 2 aromatic heterocycles. The lowest BCUT2D eigenvalue weighted by molar-refractivity contribution is -0.125. The molecular weight excluding hydrogens is 390 g/mol. The molecular formula is C20H23N5O3S. The number of rotatable bonds is 5. The number of carbonyl (C=O) groups excluding carboxylic acids is 1. The van der Waals surface area contributed by atoms with Crippen molar-refractivity contribution in [2.45, 2.75) is 26.3 Å². The molecule has 0 aliphatic carbocycles. The summed E-state index contributed by atoms with van der Waals surface area (Å²) in [7, 11) is 1.62. The molecule has 1 amide bonds. The van der Waals surface area contributed by atoms with Crippen LogP contribution in [0.2, 0.25) is 0 Å². The molecule has 3 aromatic rings. The van der Waals surface area contributed by atoms with Crippen LogP contribution in [-0.4, -0.2) is 40.7 Å². The zero-order valence-corrected chi connectivity index (χ0v) is 17.2. The standard InChI is InChI=1S/C20H23N5O3S/c1-13-10-17(26)25-19(22-13)29-20(23-25)24-9-5-7-15(12-24)18(27)21-11-14-6-3-4-8-16(14)28-2/h3-4,6,8,10,15H,5,7,9,11-12H2,1-2H3,(H,21,27)/t15-/m1/s1. The second-order valence-electron chi connectivity index (χ2n) is 7.13. The third kappa shape index (κ3) is 4.09. The molecule has 1 aliphatic heterocycles. The number of amides is 1. The largest absolute Gasteiger partial charge is 0.496 e. The van der Waals surface area contributed by atoms with E-state index in [4.69, 9.17) is 4.74 Å². The number of methoxy groups -OCH3 is 1. The number of anilines is 1. The van der Waals surface area contributed by atoms with Crippen molar-refractivity contribution in [1.29, 1.82) is 0 Å². The minimum absolute atomic E-state index is 0.0212. The molecule has 0 radical (unpaired) electrons. The zero-order chi connectivity index (χ0) is 20.4. The smallest absolute Gasteiger partial charge is 0.275 e.